The first kappa shape index (κ1) is 71.8. The molecule has 4 saturated heterocycles. The van der Waals surface area contributed by atoms with E-state index in [4.69, 9.17) is 51.4 Å². The molecular weight excluding hydrogens is 1280 g/mol. The van der Waals surface area contributed by atoms with Crippen molar-refractivity contribution in [2.45, 2.75) is 161 Å². The molecule has 6 amide bonds. The summed E-state index contributed by atoms with van der Waals surface area (Å²) in [5.74, 6) is -0.822. The van der Waals surface area contributed by atoms with Gasteiger partial charge in [0.25, 0.3) is 17.7 Å². The molecule has 3 aromatic carbocycles. The van der Waals surface area contributed by atoms with E-state index < -0.39 is 60.8 Å². The Labute approximate surface area is 565 Å². The Kier molecular flexibility index (Phi) is 25.8. The minimum Gasteiger partial charge on any atom is -0.493 e. The smallest absolute Gasteiger partial charge is 0.416 e. The van der Waals surface area contributed by atoms with Gasteiger partial charge in [0.05, 0.1) is 53.5 Å². The number of benzene rings is 3. The molecule has 0 radical (unpaired) electrons. The predicted molar refractivity (Wildman–Crippen MR) is 359 cm³/mol. The number of aromatic nitrogens is 1. The van der Waals surface area contributed by atoms with Crippen LogP contribution in [-0.2, 0) is 56.6 Å². The Bertz CT molecular complexity index is 3670. The fourth-order valence-electron chi connectivity index (χ4n) is 12.8. The van der Waals surface area contributed by atoms with E-state index in [1.807, 2.05) is 41.8 Å². The number of carbonyl (C=O) groups excluding carboxylic acids is 6. The second-order valence-corrected chi connectivity index (χ2v) is 25.6. The zero-order chi connectivity index (χ0) is 68.4. The van der Waals surface area contributed by atoms with E-state index in [0.717, 1.165) is 61.5 Å². The molecule has 25 nitrogen and oxygen atoms in total. The third-order valence-corrected chi connectivity index (χ3v) is 18.3. The maximum absolute atomic E-state index is 14.2. The molecule has 6 aliphatic heterocycles. The van der Waals surface area contributed by atoms with Gasteiger partial charge < -0.3 is 68.0 Å². The predicted octanol–water partition coefficient (Wildman–Crippen LogP) is 11.5. The number of aliphatic carboxylic acids is 1. The number of nitrogens with one attached hydrogen (secondary N) is 2. The van der Waals surface area contributed by atoms with Crippen LogP contribution in [0.2, 0.25) is 0 Å². The minimum absolute atomic E-state index is 0.00402. The number of ether oxygens (including phenoxy) is 8. The van der Waals surface area contributed by atoms with Crippen LogP contribution in [0.3, 0.4) is 0 Å². The van der Waals surface area contributed by atoms with Crippen LogP contribution in [0.25, 0.3) is 10.1 Å². The van der Waals surface area contributed by atoms with Crippen LogP contribution in [0.15, 0.2) is 86.1 Å². The molecule has 3 N–H and O–H groups in total. The summed E-state index contributed by atoms with van der Waals surface area (Å²) in [6, 6.07) is 15.6. The van der Waals surface area contributed by atoms with Gasteiger partial charge in [-0.25, -0.2) is 19.4 Å². The van der Waals surface area contributed by atoms with E-state index in [1.165, 1.54) is 26.8 Å². The summed E-state index contributed by atoms with van der Waals surface area (Å²) >= 11 is 0.956. The number of fused-ring (bicyclic) bond motifs is 5. The Morgan fingerprint density at radius 2 is 1.17 bits per heavy atom. The summed E-state index contributed by atoms with van der Waals surface area (Å²) in [4.78, 5) is 100. The average molecular weight is 1360 g/mol. The van der Waals surface area contributed by atoms with Gasteiger partial charge in [-0.15, -0.1) is 11.3 Å². The number of amides is 6. The van der Waals surface area contributed by atoms with Crippen molar-refractivity contribution in [3.63, 3.8) is 0 Å². The van der Waals surface area contributed by atoms with Crippen LogP contribution in [0.4, 0.5) is 32.3 Å². The highest BCUT2D eigenvalue weighted by Gasteiger charge is 2.49. The molecule has 2 aromatic heterocycles. The molecule has 4 unspecified atom stereocenters. The fraction of sp³-hybridized carbons (Fsp3) is 0.493. The second-order valence-electron chi connectivity index (χ2n) is 24.2. The number of aryl methyl sites for hydroxylation is 4. The summed E-state index contributed by atoms with van der Waals surface area (Å²) < 4.78 is 67.5. The maximum Gasteiger partial charge on any atom is 0.416 e. The first-order valence-electron chi connectivity index (χ1n) is 32.7. The molecular formula is C69H85N7O18S2. The van der Waals surface area contributed by atoms with Crippen LogP contribution in [0.1, 0.15) is 150 Å². The van der Waals surface area contributed by atoms with Gasteiger partial charge in [-0.1, -0.05) is 25.3 Å². The van der Waals surface area contributed by atoms with E-state index >= 15 is 0 Å². The summed E-state index contributed by atoms with van der Waals surface area (Å²) in [6.45, 7) is 15.7. The maximum atomic E-state index is 14.2. The lowest BCUT2D eigenvalue weighted by Crippen LogP contribution is -2.57. The van der Waals surface area contributed by atoms with E-state index in [9.17, 15) is 33.6 Å². The number of anilines is 4. The fourth-order valence-corrected chi connectivity index (χ4v) is 13.7. The largest absolute Gasteiger partial charge is 0.493 e. The highest BCUT2D eigenvalue weighted by molar-refractivity contribution is 7.51. The van der Waals surface area contributed by atoms with Gasteiger partial charge in [0, 0.05) is 79.8 Å². The van der Waals surface area contributed by atoms with Crippen LogP contribution in [-0.4, -0.2) is 160 Å². The molecule has 6 atom stereocenters. The molecule has 0 spiro atoms. The zero-order valence-electron chi connectivity index (χ0n) is 54.7. The molecule has 11 rings (SSSR count). The molecule has 8 heterocycles. The lowest BCUT2D eigenvalue weighted by Gasteiger charge is -2.42. The topological polar surface area (TPSA) is 290 Å². The number of carboxylic acids is 1. The average Bonchev–Trinajstić information content (AvgIpc) is 1.59. The summed E-state index contributed by atoms with van der Waals surface area (Å²) in [6.07, 6.45) is 11.6. The standard InChI is InChI=1S/C42H49N5O8S.C27H36N2O8.O2S/c1-5-17-54-42(51)47-33-24-35(26(2)20-31(33)40(50)46-16-8-6-11-32(46)41(47)55-38-13-7-9-18-53-38)52-19-10-12-37(48)43-30-23-34(45(4)25-30)39(49)44-29-14-15-36-28(22-29)21-27(3)56-36;1-3-13-36-27(33)29-21-17-22(34-15-8-10-23(30)31)18(2)16-19(21)25(32)28-12-6-4-9-20(28)26(29)37-24-11-5-7-14-35-24;1-3-2/h5,14-15,20-25,32,38,41H,1,6-13,16-19H2,2-4H3,(H,43,48)(H,44,49);3,16-17,20,24,26H,1,4-15H2,2H3,(H,30,31);/t32-,38?,41?;20-,24?,26?;/m00./s1. The molecule has 0 saturated carbocycles. The lowest BCUT2D eigenvalue weighted by molar-refractivity contribution is -0.199. The monoisotopic (exact) mass is 1360 g/mol. The van der Waals surface area contributed by atoms with Crippen LogP contribution < -0.4 is 29.9 Å². The van der Waals surface area contributed by atoms with Crippen molar-refractivity contribution in [1.29, 1.82) is 0 Å². The number of rotatable bonds is 21. The van der Waals surface area contributed by atoms with Crippen molar-refractivity contribution in [3.05, 3.63) is 119 Å². The summed E-state index contributed by atoms with van der Waals surface area (Å²) in [5.41, 5.74) is 4.44. The van der Waals surface area contributed by atoms with Gasteiger partial charge in [-0.2, -0.15) is 8.42 Å². The summed E-state index contributed by atoms with van der Waals surface area (Å²) in [5, 5.41) is 15.8. The van der Waals surface area contributed by atoms with E-state index in [2.05, 4.69) is 36.8 Å². The molecule has 6 aliphatic rings. The number of nitrogens with zero attached hydrogens (tertiary/aromatic N) is 5. The van der Waals surface area contributed by atoms with Crippen molar-refractivity contribution in [3.8, 4) is 11.5 Å². The van der Waals surface area contributed by atoms with Gasteiger partial charge in [-0.3, -0.25) is 24.0 Å². The minimum atomic E-state index is -0.898. The van der Waals surface area contributed by atoms with Gasteiger partial charge in [0.15, 0.2) is 25.0 Å². The van der Waals surface area contributed by atoms with Crippen LogP contribution in [0, 0.1) is 20.8 Å². The Morgan fingerprint density at radius 3 is 1.66 bits per heavy atom. The van der Waals surface area contributed by atoms with E-state index in [1.54, 1.807) is 59.5 Å². The van der Waals surface area contributed by atoms with Crippen molar-refractivity contribution < 1.29 is 85.0 Å². The molecule has 27 heteroatoms. The number of piperidine rings is 2. The highest BCUT2D eigenvalue weighted by Crippen LogP contribution is 2.43. The van der Waals surface area contributed by atoms with Gasteiger partial charge in [-0.05, 0) is 170 Å². The lowest BCUT2D eigenvalue weighted by atomic mass is 10.00. The van der Waals surface area contributed by atoms with E-state index in [0.29, 0.717) is 127 Å². The van der Waals surface area contributed by atoms with E-state index in [-0.39, 0.29) is 68.9 Å². The zero-order valence-corrected chi connectivity index (χ0v) is 56.4. The molecule has 0 aliphatic carbocycles. The first-order valence-corrected chi connectivity index (χ1v) is 34.2. The van der Waals surface area contributed by atoms with Gasteiger partial charge in [0.1, 0.15) is 30.4 Å². The van der Waals surface area contributed by atoms with Crippen molar-refractivity contribution in [2.75, 3.05) is 73.2 Å². The molecule has 5 aromatic rings. The van der Waals surface area contributed by atoms with Crippen LogP contribution >= 0.6 is 11.3 Å². The Morgan fingerprint density at radius 1 is 0.656 bits per heavy atom. The quantitative estimate of drug-likeness (QED) is 0.0454. The second kappa shape index (κ2) is 34.5. The third kappa shape index (κ3) is 17.9. The van der Waals surface area contributed by atoms with Crippen molar-refractivity contribution in [2.24, 2.45) is 7.05 Å². The first-order chi connectivity index (χ1) is 46.4. The highest BCUT2D eigenvalue weighted by atomic mass is 32.1. The molecule has 96 heavy (non-hydrogen) atoms. The number of hydrogen-bond donors (Lipinski definition) is 3. The molecule has 4 fully saturated rings. The number of carboxylic acid groups (broad SMARTS) is 1. The SMILES string of the molecule is C=CCOC(=O)N1c2cc(OCCCC(=O)Nc3cc(C(=O)Nc4ccc5sc(C)cc5c4)n(C)c3)c(C)cc2C(=O)N2CCCC[C@H]2C1OC1CCCCO1.C=CCOC(=O)N1c2cc(OCCCC(=O)O)c(C)cc2C(=O)N2CCCC[C@H]2C1OC1CCCCO1.O=S=O. The molecule has 516 valence electrons. The van der Waals surface area contributed by atoms with Gasteiger partial charge >= 0.3 is 29.7 Å². The third-order valence-electron chi connectivity index (χ3n) is 17.3. The number of thiophene rings is 1. The van der Waals surface area contributed by atoms with Gasteiger partial charge in [0.2, 0.25) is 5.91 Å². The van der Waals surface area contributed by atoms with Crippen LogP contribution in [0.5, 0.6) is 11.5 Å². The van der Waals surface area contributed by atoms with Crippen molar-refractivity contribution in [1.82, 2.24) is 14.4 Å². The molecule has 0 bridgehead atoms. The normalized spacial score (nSPS) is 20.5. The Balaban J connectivity index is 0.000000234. The van der Waals surface area contributed by atoms with Crippen molar-refractivity contribution >= 4 is 97.5 Å². The number of hydrogen-bond acceptors (Lipinski definition) is 18. The number of carbonyl (C=O) groups is 7. The Hall–Kier alpha value is -8.47. The summed E-state index contributed by atoms with van der Waals surface area (Å²) in [7, 11) is 1.75.